The van der Waals surface area contributed by atoms with Crippen molar-refractivity contribution < 1.29 is 9.59 Å². The highest BCUT2D eigenvalue weighted by Gasteiger charge is 2.26. The Morgan fingerprint density at radius 3 is 2.79 bits per heavy atom. The van der Waals surface area contributed by atoms with Crippen LogP contribution >= 0.6 is 11.8 Å². The number of carbonyl (C=O) groups is 2. The molecule has 3 rings (SSSR count). The lowest BCUT2D eigenvalue weighted by atomic mass is 10.1. The summed E-state index contributed by atoms with van der Waals surface area (Å²) in [6.07, 6.45) is 0.248. The van der Waals surface area contributed by atoms with Crippen LogP contribution in [0.5, 0.6) is 0 Å². The van der Waals surface area contributed by atoms with Gasteiger partial charge in [-0.3, -0.25) is 9.69 Å². The van der Waals surface area contributed by atoms with Gasteiger partial charge in [-0.15, -0.1) is 11.8 Å². The summed E-state index contributed by atoms with van der Waals surface area (Å²) in [5.41, 5.74) is 5.11. The van der Waals surface area contributed by atoms with Crippen molar-refractivity contribution in [3.05, 3.63) is 52.7 Å². The third-order valence-corrected chi connectivity index (χ3v) is 5.49. The average Bonchev–Trinajstić information content (AvgIpc) is 2.65. The summed E-state index contributed by atoms with van der Waals surface area (Å²) >= 11 is 1.68. The van der Waals surface area contributed by atoms with Gasteiger partial charge in [0.05, 0.1) is 5.69 Å². The molecule has 0 fully saturated rings. The number of nitrogens with one attached hydrogen (secondary N) is 2. The monoisotopic (exact) mass is 398 g/mol. The van der Waals surface area contributed by atoms with Crippen LogP contribution in [0.4, 0.5) is 10.5 Å². The van der Waals surface area contributed by atoms with E-state index in [1.807, 2.05) is 51.1 Å². The smallest absolute Gasteiger partial charge is 0.322 e. The van der Waals surface area contributed by atoms with Gasteiger partial charge < -0.3 is 10.6 Å². The van der Waals surface area contributed by atoms with E-state index in [2.05, 4.69) is 15.6 Å². The van der Waals surface area contributed by atoms with Crippen LogP contribution in [0.25, 0.3) is 0 Å². The number of hydrogen-bond acceptors (Lipinski definition) is 4. The SMILES string of the molecule is Cc1cccc(CNC(=O)CCNC(=O)N2CCSc3nc(C)cc(C)c32)c1. The number of rotatable bonds is 5. The average molecular weight is 399 g/mol. The van der Waals surface area contributed by atoms with Gasteiger partial charge in [-0.25, -0.2) is 9.78 Å². The first kappa shape index (κ1) is 20.2. The number of benzene rings is 1. The molecule has 1 aliphatic rings. The molecule has 0 aliphatic carbocycles. The first-order valence-electron chi connectivity index (χ1n) is 9.42. The van der Waals surface area contributed by atoms with E-state index in [0.717, 1.165) is 33.3 Å². The Morgan fingerprint density at radius 1 is 1.18 bits per heavy atom. The second-order valence-corrected chi connectivity index (χ2v) is 8.07. The number of fused-ring (bicyclic) bond motifs is 1. The molecule has 2 aromatic rings. The molecule has 0 saturated heterocycles. The maximum absolute atomic E-state index is 12.6. The number of aryl methyl sites for hydroxylation is 3. The summed E-state index contributed by atoms with van der Waals surface area (Å²) in [5, 5.41) is 6.65. The molecule has 0 spiro atoms. The highest BCUT2D eigenvalue weighted by molar-refractivity contribution is 7.99. The van der Waals surface area contributed by atoms with Crippen molar-refractivity contribution in [1.29, 1.82) is 0 Å². The van der Waals surface area contributed by atoms with Gasteiger partial charge in [0.15, 0.2) is 0 Å². The van der Waals surface area contributed by atoms with Crippen molar-refractivity contribution in [1.82, 2.24) is 15.6 Å². The second kappa shape index (κ2) is 9.10. The molecule has 148 valence electrons. The second-order valence-electron chi connectivity index (χ2n) is 6.98. The molecule has 0 atom stereocenters. The van der Waals surface area contributed by atoms with Crippen molar-refractivity contribution in [3.63, 3.8) is 0 Å². The van der Waals surface area contributed by atoms with Gasteiger partial charge in [0, 0.05) is 37.5 Å². The van der Waals surface area contributed by atoms with E-state index >= 15 is 0 Å². The number of thioether (sulfide) groups is 1. The highest BCUT2D eigenvalue weighted by atomic mass is 32.2. The summed E-state index contributed by atoms with van der Waals surface area (Å²) in [6.45, 7) is 7.41. The van der Waals surface area contributed by atoms with Crippen molar-refractivity contribution in [2.24, 2.45) is 0 Å². The molecule has 6 nitrogen and oxygen atoms in total. The van der Waals surface area contributed by atoms with Crippen LogP contribution in [-0.4, -0.2) is 35.8 Å². The molecule has 28 heavy (non-hydrogen) atoms. The van der Waals surface area contributed by atoms with E-state index in [1.165, 1.54) is 5.56 Å². The van der Waals surface area contributed by atoms with Crippen LogP contribution < -0.4 is 15.5 Å². The zero-order chi connectivity index (χ0) is 20.1. The van der Waals surface area contributed by atoms with Crippen molar-refractivity contribution in [3.8, 4) is 0 Å². The predicted molar refractivity (Wildman–Crippen MR) is 113 cm³/mol. The van der Waals surface area contributed by atoms with Gasteiger partial charge in [-0.05, 0) is 38.0 Å². The van der Waals surface area contributed by atoms with Crippen LogP contribution in [0.15, 0.2) is 35.4 Å². The molecular weight excluding hydrogens is 372 g/mol. The zero-order valence-corrected chi connectivity index (χ0v) is 17.4. The zero-order valence-electron chi connectivity index (χ0n) is 16.5. The van der Waals surface area contributed by atoms with Gasteiger partial charge >= 0.3 is 6.03 Å². The van der Waals surface area contributed by atoms with Crippen molar-refractivity contribution in [2.75, 3.05) is 23.7 Å². The summed E-state index contributed by atoms with van der Waals surface area (Å²) in [5.74, 6) is 0.734. The molecule has 0 bridgehead atoms. The Balaban J connectivity index is 1.49. The minimum absolute atomic E-state index is 0.0788. The van der Waals surface area contributed by atoms with E-state index in [-0.39, 0.29) is 18.4 Å². The summed E-state index contributed by atoms with van der Waals surface area (Å²) in [4.78, 5) is 31.0. The van der Waals surface area contributed by atoms with Crippen molar-refractivity contribution >= 4 is 29.4 Å². The van der Waals surface area contributed by atoms with Gasteiger partial charge in [0.25, 0.3) is 0 Å². The summed E-state index contributed by atoms with van der Waals surface area (Å²) in [7, 11) is 0. The molecule has 0 saturated carbocycles. The highest BCUT2D eigenvalue weighted by Crippen LogP contribution is 2.36. The van der Waals surface area contributed by atoms with Crippen LogP contribution in [0, 0.1) is 20.8 Å². The predicted octanol–water partition coefficient (Wildman–Crippen LogP) is 3.34. The number of urea groups is 1. The lowest BCUT2D eigenvalue weighted by molar-refractivity contribution is -0.121. The van der Waals surface area contributed by atoms with Crippen molar-refractivity contribution in [2.45, 2.75) is 38.8 Å². The quantitative estimate of drug-likeness (QED) is 0.810. The van der Waals surface area contributed by atoms with E-state index in [4.69, 9.17) is 0 Å². The Morgan fingerprint density at radius 2 is 2.00 bits per heavy atom. The number of anilines is 1. The largest absolute Gasteiger partial charge is 0.352 e. The maximum Gasteiger partial charge on any atom is 0.322 e. The molecule has 1 aliphatic heterocycles. The fraction of sp³-hybridized carbons (Fsp3) is 0.381. The Bertz CT molecular complexity index is 885. The van der Waals surface area contributed by atoms with E-state index in [1.54, 1.807) is 16.7 Å². The molecule has 7 heteroatoms. The Hall–Kier alpha value is -2.54. The Kier molecular flexibility index (Phi) is 6.57. The first-order valence-corrected chi connectivity index (χ1v) is 10.4. The maximum atomic E-state index is 12.6. The van der Waals surface area contributed by atoms with Crippen LogP contribution in [0.1, 0.15) is 28.8 Å². The molecule has 2 N–H and O–H groups in total. The lowest BCUT2D eigenvalue weighted by Gasteiger charge is -2.30. The third-order valence-electron chi connectivity index (χ3n) is 4.55. The number of hydrogen-bond donors (Lipinski definition) is 2. The number of pyridine rings is 1. The lowest BCUT2D eigenvalue weighted by Crippen LogP contribution is -2.44. The topological polar surface area (TPSA) is 74.3 Å². The standard InChI is InChI=1S/C21H26N4O2S/c1-14-5-4-6-17(11-14)13-23-18(26)7-8-22-21(27)25-9-10-28-20-19(25)15(2)12-16(3)24-20/h4-6,11-12H,7-10,13H2,1-3H3,(H,22,27)(H,23,26). The molecule has 0 radical (unpaired) electrons. The molecule has 1 aromatic carbocycles. The molecule has 3 amide bonds. The fourth-order valence-corrected chi connectivity index (χ4v) is 4.35. The van der Waals surface area contributed by atoms with Gasteiger partial charge in [-0.2, -0.15) is 0 Å². The summed E-state index contributed by atoms with van der Waals surface area (Å²) < 4.78 is 0. The molecule has 1 aromatic heterocycles. The van der Waals surface area contributed by atoms with E-state index < -0.39 is 0 Å². The normalized spacial score (nSPS) is 13.0. The minimum Gasteiger partial charge on any atom is -0.352 e. The number of carbonyl (C=O) groups excluding carboxylic acids is 2. The Labute approximate surface area is 170 Å². The number of aromatic nitrogens is 1. The van der Waals surface area contributed by atoms with Crippen LogP contribution in [0.2, 0.25) is 0 Å². The van der Waals surface area contributed by atoms with Crippen LogP contribution in [-0.2, 0) is 11.3 Å². The fourth-order valence-electron chi connectivity index (χ4n) is 3.26. The van der Waals surface area contributed by atoms with Gasteiger partial charge in [-0.1, -0.05) is 29.8 Å². The summed E-state index contributed by atoms with van der Waals surface area (Å²) in [6, 6.07) is 9.84. The van der Waals surface area contributed by atoms with Crippen LogP contribution in [0.3, 0.4) is 0 Å². The first-order chi connectivity index (χ1) is 13.4. The van der Waals surface area contributed by atoms with E-state index in [0.29, 0.717) is 19.6 Å². The van der Waals surface area contributed by atoms with Gasteiger partial charge in [0.1, 0.15) is 5.03 Å². The molecule has 0 unspecified atom stereocenters. The minimum atomic E-state index is -0.179. The third kappa shape index (κ3) is 5.04. The number of nitrogens with zero attached hydrogens (tertiary/aromatic N) is 2. The van der Waals surface area contributed by atoms with Gasteiger partial charge in [0.2, 0.25) is 5.91 Å². The molecular formula is C21H26N4O2S. The van der Waals surface area contributed by atoms with E-state index in [9.17, 15) is 9.59 Å². The number of amides is 3. The molecule has 2 heterocycles.